The van der Waals surface area contributed by atoms with Crippen LogP contribution < -0.4 is 11.1 Å². The molecule has 8 heteroatoms. The van der Waals surface area contributed by atoms with E-state index < -0.39 is 13.1 Å². The molecule has 0 aliphatic heterocycles. The van der Waals surface area contributed by atoms with E-state index in [1.165, 1.54) is 6.20 Å². The number of phenols is 1. The van der Waals surface area contributed by atoms with Crippen LogP contribution in [0.2, 0.25) is 0 Å². The molecule has 2 aromatic rings. The fourth-order valence-electron chi connectivity index (χ4n) is 2.40. The fourth-order valence-corrected chi connectivity index (χ4v) is 2.40. The maximum absolute atomic E-state index is 12.1. The van der Waals surface area contributed by atoms with Crippen molar-refractivity contribution in [3.8, 4) is 5.75 Å². The molecule has 0 aliphatic carbocycles. The Hall–Kier alpha value is -2.58. The zero-order valence-electron chi connectivity index (χ0n) is 13.3. The molecule has 1 amide bonds. The second-order valence-corrected chi connectivity index (χ2v) is 5.64. The molecule has 0 bridgehead atoms. The molecule has 0 saturated carbocycles. The van der Waals surface area contributed by atoms with Gasteiger partial charge in [0.2, 0.25) is 5.91 Å². The van der Waals surface area contributed by atoms with Crippen LogP contribution in [-0.2, 0) is 17.6 Å². The second kappa shape index (κ2) is 7.80. The Kier molecular flexibility index (Phi) is 5.78. The molecular formula is C16H20BN3O4. The molecule has 0 saturated heterocycles. The van der Waals surface area contributed by atoms with Gasteiger partial charge in [-0.05, 0) is 42.2 Å². The minimum Gasteiger partial charge on any atom is -0.507 e. The Morgan fingerprint density at radius 1 is 1.38 bits per heavy atom. The topological polar surface area (TPSA) is 129 Å². The number of aryl methyl sites for hydroxylation is 1. The lowest BCUT2D eigenvalue weighted by Crippen LogP contribution is -2.48. The predicted octanol–water partition coefficient (Wildman–Crippen LogP) is -0.0402. The van der Waals surface area contributed by atoms with Gasteiger partial charge in [-0.3, -0.25) is 4.79 Å². The van der Waals surface area contributed by atoms with Gasteiger partial charge in [0.05, 0.1) is 12.4 Å². The summed E-state index contributed by atoms with van der Waals surface area (Å²) < 4.78 is 0. The Morgan fingerprint density at radius 2 is 2.12 bits per heavy atom. The molecule has 1 heterocycles. The molecule has 2 rings (SSSR count). The van der Waals surface area contributed by atoms with E-state index in [9.17, 15) is 19.9 Å². The predicted molar refractivity (Wildman–Crippen MR) is 91.0 cm³/mol. The molecular weight excluding hydrogens is 309 g/mol. The number of carbonyl (C=O) groups excluding carboxylic acids is 1. The SMILES string of the molecule is Cc1cccc(C[C@H](NC(=O)Cc2ccnc(N)c2)B(O)O)c1O. The molecule has 126 valence electrons. The van der Waals surface area contributed by atoms with Crippen molar-refractivity contribution in [2.24, 2.45) is 0 Å². The van der Waals surface area contributed by atoms with E-state index in [0.29, 0.717) is 22.5 Å². The van der Waals surface area contributed by atoms with E-state index in [0.717, 1.165) is 0 Å². The number of amides is 1. The molecule has 7 nitrogen and oxygen atoms in total. The van der Waals surface area contributed by atoms with Crippen LogP contribution >= 0.6 is 0 Å². The highest BCUT2D eigenvalue weighted by molar-refractivity contribution is 6.43. The summed E-state index contributed by atoms with van der Waals surface area (Å²) in [4.78, 5) is 16.0. The van der Waals surface area contributed by atoms with Crippen molar-refractivity contribution in [2.45, 2.75) is 25.7 Å². The highest BCUT2D eigenvalue weighted by Crippen LogP contribution is 2.22. The standard InChI is InChI=1S/C16H20BN3O4/c1-10-3-2-4-12(16(10)22)9-13(17(23)24)20-15(21)8-11-5-6-19-14(18)7-11/h2-7,13,22-24H,8-9H2,1H3,(H2,18,19)(H,20,21)/t13-/m0/s1. The van der Waals surface area contributed by atoms with E-state index in [2.05, 4.69) is 10.3 Å². The Labute approximate surface area is 140 Å². The lowest BCUT2D eigenvalue weighted by atomic mass is 9.75. The normalized spacial score (nSPS) is 11.8. The first-order chi connectivity index (χ1) is 11.4. The molecule has 6 N–H and O–H groups in total. The Bertz CT molecular complexity index is 724. The number of pyridine rings is 1. The Morgan fingerprint density at radius 3 is 2.79 bits per heavy atom. The summed E-state index contributed by atoms with van der Waals surface area (Å²) in [6.07, 6.45) is 1.63. The van der Waals surface area contributed by atoms with Gasteiger partial charge in [0.25, 0.3) is 0 Å². The number of anilines is 1. The van der Waals surface area contributed by atoms with Gasteiger partial charge >= 0.3 is 7.12 Å². The van der Waals surface area contributed by atoms with Crippen molar-refractivity contribution < 1.29 is 19.9 Å². The van der Waals surface area contributed by atoms with Gasteiger partial charge in [0.1, 0.15) is 11.6 Å². The van der Waals surface area contributed by atoms with Gasteiger partial charge in [-0.1, -0.05) is 18.2 Å². The Balaban J connectivity index is 2.05. The number of carbonyl (C=O) groups is 1. The number of nitrogens with two attached hydrogens (primary N) is 1. The molecule has 0 radical (unpaired) electrons. The summed E-state index contributed by atoms with van der Waals surface area (Å²) >= 11 is 0. The van der Waals surface area contributed by atoms with Crippen molar-refractivity contribution in [1.82, 2.24) is 10.3 Å². The lowest BCUT2D eigenvalue weighted by Gasteiger charge is -2.19. The number of hydrogen-bond acceptors (Lipinski definition) is 6. The number of nitrogen functional groups attached to an aromatic ring is 1. The number of nitrogens with zero attached hydrogens (tertiary/aromatic N) is 1. The van der Waals surface area contributed by atoms with Crippen molar-refractivity contribution in [2.75, 3.05) is 5.73 Å². The van der Waals surface area contributed by atoms with Crippen LogP contribution in [0, 0.1) is 6.92 Å². The van der Waals surface area contributed by atoms with Gasteiger partial charge < -0.3 is 26.2 Å². The smallest absolute Gasteiger partial charge is 0.475 e. The first-order valence-electron chi connectivity index (χ1n) is 7.50. The zero-order valence-corrected chi connectivity index (χ0v) is 13.3. The average Bonchev–Trinajstić information content (AvgIpc) is 2.50. The second-order valence-electron chi connectivity index (χ2n) is 5.64. The summed E-state index contributed by atoms with van der Waals surface area (Å²) in [5.74, 6) is -0.932. The lowest BCUT2D eigenvalue weighted by molar-refractivity contribution is -0.120. The number of aromatic nitrogens is 1. The van der Waals surface area contributed by atoms with Crippen LogP contribution in [0.5, 0.6) is 5.75 Å². The fraction of sp³-hybridized carbons (Fsp3) is 0.250. The van der Waals surface area contributed by atoms with E-state index >= 15 is 0 Å². The minimum atomic E-state index is -1.75. The van der Waals surface area contributed by atoms with E-state index in [-0.39, 0.29) is 24.5 Å². The number of nitrogens with one attached hydrogen (secondary N) is 1. The van der Waals surface area contributed by atoms with Crippen molar-refractivity contribution in [1.29, 1.82) is 0 Å². The van der Waals surface area contributed by atoms with Gasteiger partial charge in [-0.15, -0.1) is 0 Å². The quantitative estimate of drug-likeness (QED) is 0.473. The van der Waals surface area contributed by atoms with Crippen LogP contribution in [0.15, 0.2) is 36.5 Å². The van der Waals surface area contributed by atoms with Crippen LogP contribution in [-0.4, -0.2) is 39.1 Å². The van der Waals surface area contributed by atoms with Gasteiger partial charge in [-0.2, -0.15) is 0 Å². The average molecular weight is 329 g/mol. The van der Waals surface area contributed by atoms with Crippen molar-refractivity contribution in [3.05, 3.63) is 53.2 Å². The van der Waals surface area contributed by atoms with Gasteiger partial charge in [0.15, 0.2) is 0 Å². The molecule has 24 heavy (non-hydrogen) atoms. The van der Waals surface area contributed by atoms with Crippen LogP contribution in [0.3, 0.4) is 0 Å². The number of para-hydroxylation sites is 1. The molecule has 1 aromatic heterocycles. The highest BCUT2D eigenvalue weighted by atomic mass is 16.4. The van der Waals surface area contributed by atoms with Crippen LogP contribution in [0.4, 0.5) is 5.82 Å². The van der Waals surface area contributed by atoms with Crippen LogP contribution in [0.25, 0.3) is 0 Å². The summed E-state index contributed by atoms with van der Waals surface area (Å²) in [7, 11) is -1.75. The molecule has 1 aromatic carbocycles. The van der Waals surface area contributed by atoms with Gasteiger partial charge in [0, 0.05) is 6.20 Å². The van der Waals surface area contributed by atoms with Crippen molar-refractivity contribution >= 4 is 18.8 Å². The maximum atomic E-state index is 12.1. The molecule has 0 fully saturated rings. The molecule has 0 aliphatic rings. The zero-order chi connectivity index (χ0) is 17.7. The third-order valence-electron chi connectivity index (χ3n) is 3.68. The number of rotatable bonds is 6. The summed E-state index contributed by atoms with van der Waals surface area (Å²) in [6, 6.07) is 8.42. The molecule has 1 atom stereocenters. The first-order valence-corrected chi connectivity index (χ1v) is 7.50. The molecule has 0 unspecified atom stereocenters. The van der Waals surface area contributed by atoms with Crippen molar-refractivity contribution in [3.63, 3.8) is 0 Å². The summed E-state index contributed by atoms with van der Waals surface area (Å²) in [5.41, 5.74) is 7.44. The highest BCUT2D eigenvalue weighted by Gasteiger charge is 2.26. The summed E-state index contributed by atoms with van der Waals surface area (Å²) in [5, 5.41) is 31.6. The number of hydrogen-bond donors (Lipinski definition) is 5. The molecule has 0 spiro atoms. The van der Waals surface area contributed by atoms with E-state index in [4.69, 9.17) is 5.73 Å². The summed E-state index contributed by atoms with van der Waals surface area (Å²) in [6.45, 7) is 1.75. The maximum Gasteiger partial charge on any atom is 0.475 e. The third-order valence-corrected chi connectivity index (χ3v) is 3.68. The largest absolute Gasteiger partial charge is 0.507 e. The number of phenolic OH excluding ortho intramolecular Hbond substituents is 1. The van der Waals surface area contributed by atoms with Gasteiger partial charge in [-0.25, -0.2) is 4.98 Å². The number of aromatic hydroxyl groups is 1. The first kappa shape index (κ1) is 17.8. The van der Waals surface area contributed by atoms with Crippen LogP contribution in [0.1, 0.15) is 16.7 Å². The number of benzene rings is 1. The van der Waals surface area contributed by atoms with E-state index in [1.807, 2.05) is 0 Å². The minimum absolute atomic E-state index is 0.0374. The monoisotopic (exact) mass is 329 g/mol. The third kappa shape index (κ3) is 4.71. The van der Waals surface area contributed by atoms with E-state index in [1.54, 1.807) is 37.3 Å².